The first kappa shape index (κ1) is 17.9. The van der Waals surface area contributed by atoms with Gasteiger partial charge in [0.2, 0.25) is 5.91 Å². The molecule has 0 saturated heterocycles. The lowest BCUT2D eigenvalue weighted by molar-refractivity contribution is -0.122. The average Bonchev–Trinajstić information content (AvgIpc) is 3.08. The molecule has 1 unspecified atom stereocenters. The third kappa shape index (κ3) is 4.55. The number of ketones is 1. The van der Waals surface area contributed by atoms with Gasteiger partial charge in [0.25, 0.3) is 0 Å². The van der Waals surface area contributed by atoms with Crippen LogP contribution in [0.5, 0.6) is 0 Å². The zero-order valence-corrected chi connectivity index (χ0v) is 14.3. The van der Waals surface area contributed by atoms with Crippen molar-refractivity contribution in [2.75, 3.05) is 6.54 Å². The Kier molecular flexibility index (Phi) is 5.57. The van der Waals surface area contributed by atoms with Crippen molar-refractivity contribution < 1.29 is 19.1 Å². The summed E-state index contributed by atoms with van der Waals surface area (Å²) in [4.78, 5) is 24.1. The number of rotatable bonds is 7. The molecular weight excluding hydrogens is 306 g/mol. The molecule has 2 rings (SSSR count). The molecule has 1 atom stereocenters. The van der Waals surface area contributed by atoms with E-state index in [1.165, 1.54) is 6.26 Å². The van der Waals surface area contributed by atoms with E-state index < -0.39 is 5.60 Å². The molecule has 0 spiro atoms. The van der Waals surface area contributed by atoms with E-state index in [0.29, 0.717) is 11.3 Å². The van der Waals surface area contributed by atoms with E-state index in [4.69, 9.17) is 4.42 Å². The molecule has 1 aromatic heterocycles. The van der Waals surface area contributed by atoms with Crippen LogP contribution in [-0.2, 0) is 10.4 Å². The van der Waals surface area contributed by atoms with Crippen molar-refractivity contribution in [2.24, 2.45) is 0 Å². The number of amides is 1. The molecular formula is C19H23NO4. The van der Waals surface area contributed by atoms with Crippen molar-refractivity contribution >= 4 is 11.7 Å². The first-order valence-electron chi connectivity index (χ1n) is 7.93. The first-order valence-corrected chi connectivity index (χ1v) is 7.93. The van der Waals surface area contributed by atoms with Crippen molar-refractivity contribution in [3.05, 3.63) is 59.0 Å². The minimum Gasteiger partial charge on any atom is -0.466 e. The fraction of sp³-hybridized carbons (Fsp3) is 0.368. The number of nitrogens with one attached hydrogen (secondary N) is 1. The van der Waals surface area contributed by atoms with E-state index in [0.717, 1.165) is 11.1 Å². The van der Waals surface area contributed by atoms with Gasteiger partial charge in [-0.2, -0.15) is 0 Å². The third-order valence-corrected chi connectivity index (χ3v) is 4.09. The predicted octanol–water partition coefficient (Wildman–Crippen LogP) is 2.88. The fourth-order valence-corrected chi connectivity index (χ4v) is 2.32. The van der Waals surface area contributed by atoms with Gasteiger partial charge in [-0.1, -0.05) is 12.1 Å². The zero-order valence-electron chi connectivity index (χ0n) is 14.3. The van der Waals surface area contributed by atoms with E-state index in [9.17, 15) is 14.7 Å². The second-order valence-corrected chi connectivity index (χ2v) is 6.25. The van der Waals surface area contributed by atoms with Crippen LogP contribution in [0.2, 0.25) is 0 Å². The van der Waals surface area contributed by atoms with E-state index in [-0.39, 0.29) is 31.1 Å². The third-order valence-electron chi connectivity index (χ3n) is 4.09. The summed E-state index contributed by atoms with van der Waals surface area (Å²) in [5, 5.41) is 12.9. The van der Waals surface area contributed by atoms with Crippen molar-refractivity contribution in [1.29, 1.82) is 0 Å². The number of hydrogen-bond donors (Lipinski definition) is 2. The molecule has 0 aliphatic carbocycles. The quantitative estimate of drug-likeness (QED) is 0.766. The fourth-order valence-electron chi connectivity index (χ4n) is 2.32. The maximum atomic E-state index is 12.2. The van der Waals surface area contributed by atoms with E-state index >= 15 is 0 Å². The molecule has 0 saturated carbocycles. The number of furan rings is 1. The lowest BCUT2D eigenvalue weighted by Gasteiger charge is -2.21. The van der Waals surface area contributed by atoms with E-state index in [2.05, 4.69) is 5.32 Å². The van der Waals surface area contributed by atoms with Gasteiger partial charge in [-0.25, -0.2) is 0 Å². The number of carbonyl (C=O) groups excluding carboxylic acids is 2. The topological polar surface area (TPSA) is 79.5 Å². The maximum absolute atomic E-state index is 12.2. The standard InChI is InChI=1S/C19H23NO4/c1-13-6-7-15(11-14(13)2)16(21)8-9-18(22)20-12-19(3,23)17-5-4-10-24-17/h4-7,10-11,23H,8-9,12H2,1-3H3,(H,20,22). The molecule has 0 fully saturated rings. The van der Waals surface area contributed by atoms with Crippen LogP contribution in [-0.4, -0.2) is 23.3 Å². The molecule has 1 amide bonds. The van der Waals surface area contributed by atoms with Gasteiger partial charge in [0.15, 0.2) is 5.78 Å². The van der Waals surface area contributed by atoms with Gasteiger partial charge in [-0.05, 0) is 50.1 Å². The second-order valence-electron chi connectivity index (χ2n) is 6.25. The van der Waals surface area contributed by atoms with Crippen LogP contribution in [0, 0.1) is 13.8 Å². The summed E-state index contributed by atoms with van der Waals surface area (Å²) in [5.41, 5.74) is 1.52. The van der Waals surface area contributed by atoms with Crippen LogP contribution in [0.4, 0.5) is 0 Å². The van der Waals surface area contributed by atoms with Crippen LogP contribution in [0.25, 0.3) is 0 Å². The summed E-state index contributed by atoms with van der Waals surface area (Å²) in [7, 11) is 0. The van der Waals surface area contributed by atoms with Gasteiger partial charge < -0.3 is 14.8 Å². The van der Waals surface area contributed by atoms with Gasteiger partial charge in [-0.3, -0.25) is 9.59 Å². The summed E-state index contributed by atoms with van der Waals surface area (Å²) >= 11 is 0. The highest BCUT2D eigenvalue weighted by atomic mass is 16.4. The molecule has 1 heterocycles. The highest BCUT2D eigenvalue weighted by Crippen LogP contribution is 2.19. The average molecular weight is 329 g/mol. The van der Waals surface area contributed by atoms with Crippen molar-refractivity contribution in [3.8, 4) is 0 Å². The Morgan fingerprint density at radius 3 is 2.54 bits per heavy atom. The van der Waals surface area contributed by atoms with E-state index in [1.807, 2.05) is 26.0 Å². The van der Waals surface area contributed by atoms with E-state index in [1.54, 1.807) is 25.1 Å². The molecule has 128 valence electrons. The summed E-state index contributed by atoms with van der Waals surface area (Å²) in [6.45, 7) is 5.53. The Labute approximate surface area is 141 Å². The minimum atomic E-state index is -1.28. The molecule has 5 heteroatoms. The molecule has 24 heavy (non-hydrogen) atoms. The summed E-state index contributed by atoms with van der Waals surface area (Å²) in [5.74, 6) is 0.0408. The van der Waals surface area contributed by atoms with Gasteiger partial charge in [-0.15, -0.1) is 0 Å². The molecule has 0 bridgehead atoms. The molecule has 1 aromatic carbocycles. The number of carbonyl (C=O) groups is 2. The highest BCUT2D eigenvalue weighted by Gasteiger charge is 2.26. The van der Waals surface area contributed by atoms with Gasteiger partial charge >= 0.3 is 0 Å². The highest BCUT2D eigenvalue weighted by molar-refractivity contribution is 5.98. The summed E-state index contributed by atoms with van der Waals surface area (Å²) in [6, 6.07) is 8.86. The molecule has 2 aromatic rings. The Balaban J connectivity index is 1.82. The van der Waals surface area contributed by atoms with Crippen LogP contribution < -0.4 is 5.32 Å². The minimum absolute atomic E-state index is 0.0250. The van der Waals surface area contributed by atoms with Crippen LogP contribution in [0.15, 0.2) is 41.0 Å². The van der Waals surface area contributed by atoms with Gasteiger partial charge in [0.1, 0.15) is 11.4 Å². The smallest absolute Gasteiger partial charge is 0.220 e. The van der Waals surface area contributed by atoms with Crippen molar-refractivity contribution in [3.63, 3.8) is 0 Å². The molecule has 5 nitrogen and oxygen atoms in total. The normalized spacial score (nSPS) is 13.3. The van der Waals surface area contributed by atoms with Crippen molar-refractivity contribution in [1.82, 2.24) is 5.32 Å². The lowest BCUT2D eigenvalue weighted by Crippen LogP contribution is -2.38. The summed E-state index contributed by atoms with van der Waals surface area (Å²) < 4.78 is 5.15. The Morgan fingerprint density at radius 1 is 1.17 bits per heavy atom. The number of aliphatic hydroxyl groups is 1. The van der Waals surface area contributed by atoms with Crippen molar-refractivity contribution in [2.45, 2.75) is 39.2 Å². The molecule has 0 aliphatic heterocycles. The predicted molar refractivity (Wildman–Crippen MR) is 90.8 cm³/mol. The molecule has 0 radical (unpaired) electrons. The summed E-state index contributed by atoms with van der Waals surface area (Å²) in [6.07, 6.45) is 1.69. The maximum Gasteiger partial charge on any atom is 0.220 e. The molecule has 2 N–H and O–H groups in total. The SMILES string of the molecule is Cc1ccc(C(=O)CCC(=O)NCC(C)(O)c2ccco2)cc1C. The zero-order chi connectivity index (χ0) is 17.7. The largest absolute Gasteiger partial charge is 0.466 e. The first-order chi connectivity index (χ1) is 11.3. The number of aryl methyl sites for hydroxylation is 2. The van der Waals surface area contributed by atoms with Crippen LogP contribution in [0.3, 0.4) is 0 Å². The Bertz CT molecular complexity index is 717. The van der Waals surface area contributed by atoms with Gasteiger partial charge in [0, 0.05) is 18.4 Å². The second kappa shape index (κ2) is 7.45. The molecule has 0 aliphatic rings. The van der Waals surface area contributed by atoms with Gasteiger partial charge in [0.05, 0.1) is 12.8 Å². The van der Waals surface area contributed by atoms with Crippen LogP contribution >= 0.6 is 0 Å². The number of hydrogen-bond acceptors (Lipinski definition) is 4. The number of benzene rings is 1. The van der Waals surface area contributed by atoms with Crippen LogP contribution in [0.1, 0.15) is 47.0 Å². The Morgan fingerprint density at radius 2 is 1.92 bits per heavy atom. The Hall–Kier alpha value is -2.40. The number of Topliss-reactive ketones (excluding diaryl/α,β-unsaturated/α-hetero) is 1. The lowest BCUT2D eigenvalue weighted by atomic mass is 10.0. The monoisotopic (exact) mass is 329 g/mol.